The molecule has 2 aromatic rings. The second-order valence-electron chi connectivity index (χ2n) is 13.7. The summed E-state index contributed by atoms with van der Waals surface area (Å²) in [7, 11) is -0.0896. The van der Waals surface area contributed by atoms with Crippen molar-refractivity contribution in [3.8, 4) is 17.2 Å². The van der Waals surface area contributed by atoms with Gasteiger partial charge in [-0.3, -0.25) is 0 Å². The van der Waals surface area contributed by atoms with E-state index in [9.17, 15) is 9.59 Å². The molecule has 1 aromatic carbocycles. The largest absolute Gasteiger partial charge is 0.539 e. The number of rotatable bonds is 19. The molecule has 12 nitrogen and oxygen atoms in total. The first-order chi connectivity index (χ1) is 22.8. The van der Waals surface area contributed by atoms with Crippen molar-refractivity contribution in [1.29, 1.82) is 0 Å². The predicted molar refractivity (Wildman–Crippen MR) is 197 cm³/mol. The minimum atomic E-state index is -1.53. The van der Waals surface area contributed by atoms with E-state index in [0.29, 0.717) is 57.3 Å². The van der Waals surface area contributed by atoms with E-state index in [1.165, 1.54) is 24.9 Å². The molecule has 0 aliphatic carbocycles. The van der Waals surface area contributed by atoms with E-state index >= 15 is 0 Å². The average molecular weight is 737 g/mol. The van der Waals surface area contributed by atoms with Crippen LogP contribution in [0.5, 0.6) is 17.2 Å². The van der Waals surface area contributed by atoms with Crippen LogP contribution in [0.15, 0.2) is 17.2 Å². The highest BCUT2D eigenvalue weighted by Crippen LogP contribution is 2.51. The molecule has 1 aromatic heterocycles. The molecule has 2 unspecified atom stereocenters. The molecule has 0 saturated carbocycles. The number of nitrogens with zero attached hydrogens (tertiary/aromatic N) is 2. The summed E-state index contributed by atoms with van der Waals surface area (Å²) >= 11 is 1.45. The molecule has 15 heteroatoms. The van der Waals surface area contributed by atoms with Crippen LogP contribution in [-0.4, -0.2) is 66.7 Å². The van der Waals surface area contributed by atoms with E-state index < -0.39 is 42.1 Å². The zero-order valence-electron chi connectivity index (χ0n) is 31.4. The Hall–Kier alpha value is -2.86. The maximum atomic E-state index is 13.5. The van der Waals surface area contributed by atoms with Crippen LogP contribution in [-0.2, 0) is 20.0 Å². The van der Waals surface area contributed by atoms with Gasteiger partial charge in [-0.25, -0.2) is 9.59 Å². The van der Waals surface area contributed by atoms with Gasteiger partial charge in [0.25, 0.3) is 18.1 Å². The van der Waals surface area contributed by atoms with Crippen LogP contribution in [0.1, 0.15) is 101 Å². The van der Waals surface area contributed by atoms with Gasteiger partial charge in [0, 0.05) is 22.6 Å². The second kappa shape index (κ2) is 17.9. The number of ether oxygens (including phenoxy) is 3. The third kappa shape index (κ3) is 9.90. The number of benzene rings is 1. The Labute approximate surface area is 299 Å². The first kappa shape index (κ1) is 42.3. The third-order valence-corrected chi connectivity index (χ3v) is 16.6. The van der Waals surface area contributed by atoms with Crippen LogP contribution >= 0.6 is 11.8 Å². The van der Waals surface area contributed by atoms with E-state index in [1.807, 2.05) is 6.92 Å². The number of carbonyl (C=O) groups excluding carboxylic acids is 2. The highest BCUT2D eigenvalue weighted by Gasteiger charge is 2.40. The lowest BCUT2D eigenvalue weighted by molar-refractivity contribution is -0.144. The lowest BCUT2D eigenvalue weighted by atomic mass is 9.99. The topological polar surface area (TPSA) is 171 Å². The fourth-order valence-electron chi connectivity index (χ4n) is 4.43. The average Bonchev–Trinajstić information content (AvgIpc) is 3.54. The van der Waals surface area contributed by atoms with Gasteiger partial charge in [0.1, 0.15) is 6.61 Å². The van der Waals surface area contributed by atoms with E-state index in [2.05, 4.69) is 85.2 Å². The van der Waals surface area contributed by atoms with Gasteiger partial charge in [0.15, 0.2) is 29.1 Å². The Bertz CT molecular complexity index is 1450. The van der Waals surface area contributed by atoms with Gasteiger partial charge in [-0.1, -0.05) is 73.2 Å². The molecule has 0 saturated heterocycles. The number of methoxy groups -OCH3 is 2. The summed E-state index contributed by atoms with van der Waals surface area (Å²) in [5, 5.41) is 3.60. The lowest BCUT2D eigenvalue weighted by Crippen LogP contribution is -2.37. The Morgan fingerprint density at radius 3 is 2.02 bits per heavy atom. The Morgan fingerprint density at radius 1 is 0.980 bits per heavy atom. The predicted octanol–water partition coefficient (Wildman–Crippen LogP) is 6.71. The molecule has 2 radical (unpaired) electrons. The van der Waals surface area contributed by atoms with Crippen molar-refractivity contribution in [1.82, 2.24) is 10.1 Å². The van der Waals surface area contributed by atoms with Crippen molar-refractivity contribution in [2.24, 2.45) is 23.3 Å². The molecule has 2 rings (SSSR count). The van der Waals surface area contributed by atoms with Gasteiger partial charge in [0.2, 0.25) is 5.89 Å². The lowest BCUT2D eigenvalue weighted by Gasteiger charge is -2.37. The molecule has 274 valence electrons. The van der Waals surface area contributed by atoms with Crippen LogP contribution in [0.4, 0.5) is 0 Å². The van der Waals surface area contributed by atoms with Gasteiger partial charge >= 0.3 is 11.9 Å². The first-order valence-corrected chi connectivity index (χ1v) is 21.3. The molecular formula is C34H56N4O8SSi2. The van der Waals surface area contributed by atoms with E-state index in [1.54, 1.807) is 7.11 Å². The molecular weight excluding hydrogens is 681 g/mol. The highest BCUT2D eigenvalue weighted by molar-refractivity contribution is 7.98. The van der Waals surface area contributed by atoms with Crippen molar-refractivity contribution in [2.45, 2.75) is 103 Å². The standard InChI is InChI=1S/C34H56N4O8SSi2/c1-15-16-43-32(40)25(36)29-37-30(44-38-29)23(35)18-47-17-22-24(31(39)42-12)21(6)26(41-11)28(46-49(14)34(9,10)20(4)5)27(22)45-48(13)33(7,8)19(2)3/h15,19-20,23,25H,1,16-18,35-36H2,2-14H3. The minimum Gasteiger partial charge on any atom is -0.539 e. The smallest absolute Gasteiger partial charge is 0.338 e. The summed E-state index contributed by atoms with van der Waals surface area (Å²) in [6.45, 7) is 27.2. The zero-order chi connectivity index (χ0) is 37.4. The zero-order valence-corrected chi connectivity index (χ0v) is 34.3. The minimum absolute atomic E-state index is 0.00974. The fraction of sp³-hybridized carbons (Fsp3) is 0.647. The molecule has 0 aliphatic heterocycles. The molecule has 2 atom stereocenters. The number of nitrogens with two attached hydrogens (primary N) is 2. The molecule has 0 aliphatic rings. The van der Waals surface area contributed by atoms with Gasteiger partial charge in [-0.2, -0.15) is 16.7 Å². The van der Waals surface area contributed by atoms with Crippen molar-refractivity contribution in [2.75, 3.05) is 26.6 Å². The Kier molecular flexibility index (Phi) is 15.4. The van der Waals surface area contributed by atoms with Crippen molar-refractivity contribution in [3.05, 3.63) is 41.1 Å². The molecule has 0 spiro atoms. The van der Waals surface area contributed by atoms with Crippen LogP contribution in [0.3, 0.4) is 0 Å². The van der Waals surface area contributed by atoms with Gasteiger partial charge in [-0.15, -0.1) is 0 Å². The number of aromatic nitrogens is 2. The summed E-state index contributed by atoms with van der Waals surface area (Å²) in [6, 6.07) is -1.93. The number of thioether (sulfide) groups is 1. The SMILES string of the molecule is C=CCOC(=O)C(N)c1noc(C(N)CSCc2c(O[Si](C)C(C)(C)C(C)C)c(O[Si](C)C(C)(C)C(C)C)c(OC)c(C)c2C(=O)OC)n1. The summed E-state index contributed by atoms with van der Waals surface area (Å²) in [5.41, 5.74) is 14.0. The summed E-state index contributed by atoms with van der Waals surface area (Å²) in [6.07, 6.45) is 1.43. The van der Waals surface area contributed by atoms with Gasteiger partial charge < -0.3 is 39.1 Å². The Morgan fingerprint density at radius 2 is 1.53 bits per heavy atom. The molecule has 4 N–H and O–H groups in total. The van der Waals surface area contributed by atoms with Crippen molar-refractivity contribution >= 4 is 41.8 Å². The van der Waals surface area contributed by atoms with Crippen LogP contribution in [0.25, 0.3) is 0 Å². The molecule has 1 heterocycles. The quantitative estimate of drug-likeness (QED) is 0.0887. The fourth-order valence-corrected chi connectivity index (χ4v) is 8.59. The van der Waals surface area contributed by atoms with Crippen LogP contribution in [0, 0.1) is 18.8 Å². The summed E-state index contributed by atoms with van der Waals surface area (Å²) in [4.78, 5) is 29.9. The highest BCUT2D eigenvalue weighted by atomic mass is 32.2. The number of carbonyl (C=O) groups is 2. The van der Waals surface area contributed by atoms with Crippen LogP contribution < -0.4 is 25.1 Å². The second-order valence-corrected chi connectivity index (χ2v) is 20.0. The van der Waals surface area contributed by atoms with E-state index in [4.69, 9.17) is 39.1 Å². The summed E-state index contributed by atoms with van der Waals surface area (Å²) in [5.74, 6) is 1.63. The molecule has 0 bridgehead atoms. The molecule has 0 fully saturated rings. The normalized spacial score (nSPS) is 13.5. The van der Waals surface area contributed by atoms with E-state index in [-0.39, 0.29) is 28.4 Å². The summed E-state index contributed by atoms with van der Waals surface area (Å²) < 4.78 is 35.5. The molecule has 49 heavy (non-hydrogen) atoms. The number of hydrogen-bond donors (Lipinski definition) is 2. The number of hydrogen-bond acceptors (Lipinski definition) is 13. The maximum Gasteiger partial charge on any atom is 0.338 e. The van der Waals surface area contributed by atoms with Gasteiger partial charge in [-0.05, 0) is 41.9 Å². The number of esters is 2. The monoisotopic (exact) mass is 736 g/mol. The van der Waals surface area contributed by atoms with Gasteiger partial charge in [0.05, 0.1) is 25.8 Å². The van der Waals surface area contributed by atoms with E-state index in [0.717, 1.165) is 0 Å². The maximum absolute atomic E-state index is 13.5. The van der Waals surface area contributed by atoms with Crippen molar-refractivity contribution in [3.63, 3.8) is 0 Å². The first-order valence-electron chi connectivity index (χ1n) is 16.3. The van der Waals surface area contributed by atoms with Crippen LogP contribution in [0.2, 0.25) is 23.2 Å². The third-order valence-electron chi connectivity index (χ3n) is 9.70. The van der Waals surface area contributed by atoms with Crippen molar-refractivity contribution < 1.29 is 37.2 Å². The Balaban J connectivity index is 2.64. The molecule has 0 amide bonds.